The number of rotatable bonds is 5. The molecule has 1 aromatic heterocycles. The second-order valence-corrected chi connectivity index (χ2v) is 5.30. The summed E-state index contributed by atoms with van der Waals surface area (Å²) < 4.78 is 10.8. The molecule has 8 heteroatoms. The van der Waals surface area contributed by atoms with Crippen LogP contribution in [0, 0.1) is 0 Å². The maximum Gasteiger partial charge on any atom is 0.266 e. The van der Waals surface area contributed by atoms with Gasteiger partial charge in [0.05, 0.1) is 12.3 Å². The lowest BCUT2D eigenvalue weighted by Crippen LogP contribution is -2.44. The normalized spacial score (nSPS) is 13.0. The van der Waals surface area contributed by atoms with Gasteiger partial charge in [0.15, 0.2) is 18.2 Å². The third-order valence-electron chi connectivity index (χ3n) is 3.53. The van der Waals surface area contributed by atoms with Crippen LogP contribution < -0.4 is 25.4 Å². The van der Waals surface area contributed by atoms with E-state index >= 15 is 0 Å². The zero-order chi connectivity index (χ0) is 17.8. The van der Waals surface area contributed by atoms with Crippen LogP contribution in [0.2, 0.25) is 0 Å². The molecule has 25 heavy (non-hydrogen) atoms. The van der Waals surface area contributed by atoms with Crippen molar-refractivity contribution in [1.29, 1.82) is 0 Å². The first-order chi connectivity index (χ1) is 12.1. The summed E-state index contributed by atoms with van der Waals surface area (Å²) in [6.07, 6.45) is 0. The predicted octanol–water partition coefficient (Wildman–Crippen LogP) is 1.43. The summed E-state index contributed by atoms with van der Waals surface area (Å²) in [5.74, 6) is 0.718. The molecule has 0 spiro atoms. The molecule has 0 unspecified atom stereocenters. The molecule has 0 bridgehead atoms. The van der Waals surface area contributed by atoms with Crippen LogP contribution in [-0.2, 0) is 9.59 Å². The van der Waals surface area contributed by atoms with Gasteiger partial charge in [-0.1, -0.05) is 12.1 Å². The number of nitrogens with one attached hydrogen (secondary N) is 1. The summed E-state index contributed by atoms with van der Waals surface area (Å²) in [5.41, 5.74) is 6.21. The fourth-order valence-corrected chi connectivity index (χ4v) is 2.44. The van der Waals surface area contributed by atoms with Crippen molar-refractivity contribution in [1.82, 2.24) is 4.98 Å². The monoisotopic (exact) mass is 342 g/mol. The maximum absolute atomic E-state index is 12.4. The van der Waals surface area contributed by atoms with Gasteiger partial charge in [-0.25, -0.2) is 4.98 Å². The smallest absolute Gasteiger partial charge is 0.266 e. The first kappa shape index (κ1) is 16.6. The van der Waals surface area contributed by atoms with Gasteiger partial charge in [0.25, 0.3) is 5.91 Å². The molecule has 2 amide bonds. The highest BCUT2D eigenvalue weighted by Crippen LogP contribution is 2.31. The fourth-order valence-electron chi connectivity index (χ4n) is 2.44. The Morgan fingerprint density at radius 2 is 2.16 bits per heavy atom. The zero-order valence-corrected chi connectivity index (χ0v) is 13.7. The van der Waals surface area contributed by atoms with E-state index in [2.05, 4.69) is 10.3 Å². The Morgan fingerprint density at radius 3 is 2.96 bits per heavy atom. The lowest BCUT2D eigenvalue weighted by atomic mass is 10.2. The molecule has 2 aromatic rings. The van der Waals surface area contributed by atoms with Crippen molar-refractivity contribution >= 4 is 29.1 Å². The molecule has 1 aliphatic heterocycles. The quantitative estimate of drug-likeness (QED) is 0.851. The van der Waals surface area contributed by atoms with Gasteiger partial charge in [0.1, 0.15) is 18.1 Å². The number of fused-ring (bicyclic) bond motifs is 1. The molecule has 0 atom stereocenters. The molecule has 0 fully saturated rings. The number of nitrogens with two attached hydrogens (primary N) is 1. The van der Waals surface area contributed by atoms with Gasteiger partial charge in [0, 0.05) is 0 Å². The molecule has 1 aliphatic rings. The minimum absolute atomic E-state index is 0.151. The van der Waals surface area contributed by atoms with Gasteiger partial charge in [-0.15, -0.1) is 0 Å². The molecular weight excluding hydrogens is 324 g/mol. The van der Waals surface area contributed by atoms with Gasteiger partial charge in [-0.05, 0) is 31.2 Å². The molecule has 0 saturated heterocycles. The van der Waals surface area contributed by atoms with E-state index in [9.17, 15) is 9.59 Å². The molecule has 130 valence electrons. The Bertz CT molecular complexity index is 809. The molecule has 3 rings (SSSR count). The summed E-state index contributed by atoms with van der Waals surface area (Å²) in [7, 11) is 0. The molecule has 0 saturated carbocycles. The van der Waals surface area contributed by atoms with Crippen molar-refractivity contribution in [3.63, 3.8) is 0 Å². The predicted molar refractivity (Wildman–Crippen MR) is 92.7 cm³/mol. The van der Waals surface area contributed by atoms with Crippen LogP contribution in [0.1, 0.15) is 6.92 Å². The van der Waals surface area contributed by atoms with Crippen LogP contribution in [-0.4, -0.2) is 36.6 Å². The number of hydrogen-bond acceptors (Lipinski definition) is 6. The summed E-state index contributed by atoms with van der Waals surface area (Å²) in [4.78, 5) is 29.9. The average Bonchev–Trinajstić information content (AvgIpc) is 2.59. The molecule has 0 aliphatic carbocycles. The third-order valence-corrected chi connectivity index (χ3v) is 3.53. The minimum atomic E-state index is -0.377. The number of nitrogen functional groups attached to an aromatic ring is 1. The number of amides is 2. The van der Waals surface area contributed by atoms with Gasteiger partial charge in [0.2, 0.25) is 5.91 Å². The van der Waals surface area contributed by atoms with E-state index in [0.29, 0.717) is 23.8 Å². The van der Waals surface area contributed by atoms with Crippen molar-refractivity contribution in [3.8, 4) is 11.5 Å². The van der Waals surface area contributed by atoms with Gasteiger partial charge < -0.3 is 20.5 Å². The first-order valence-electron chi connectivity index (χ1n) is 7.80. The van der Waals surface area contributed by atoms with Crippen molar-refractivity contribution in [3.05, 3.63) is 36.4 Å². The third kappa shape index (κ3) is 3.63. The SMILES string of the molecule is CCOc1ccccc1NC(=O)CN1C(=O)COc2ccc(N)nc21. The standard InChI is InChI=1S/C17H18N4O4/c1-2-24-12-6-4-3-5-11(12)19-15(22)9-21-16(23)10-25-13-7-8-14(18)20-17(13)21/h3-8H,2,9-10H2,1H3,(H2,18,20)(H,19,22). The van der Waals surface area contributed by atoms with Gasteiger partial charge in [-0.2, -0.15) is 0 Å². The minimum Gasteiger partial charge on any atom is -0.492 e. The van der Waals surface area contributed by atoms with Crippen molar-refractivity contribution in [2.45, 2.75) is 6.92 Å². The summed E-state index contributed by atoms with van der Waals surface area (Å²) >= 11 is 0. The van der Waals surface area contributed by atoms with E-state index < -0.39 is 0 Å². The highest BCUT2D eigenvalue weighted by Gasteiger charge is 2.29. The molecule has 0 radical (unpaired) electrons. The number of pyridine rings is 1. The van der Waals surface area contributed by atoms with E-state index in [0.717, 1.165) is 0 Å². The van der Waals surface area contributed by atoms with Crippen molar-refractivity contribution in [2.24, 2.45) is 0 Å². The maximum atomic E-state index is 12.4. The lowest BCUT2D eigenvalue weighted by molar-refractivity contribution is -0.123. The molecule has 2 heterocycles. The van der Waals surface area contributed by atoms with E-state index in [1.165, 1.54) is 4.90 Å². The highest BCUT2D eigenvalue weighted by molar-refractivity contribution is 6.04. The number of benzene rings is 1. The Labute approximate surface area is 144 Å². The number of carbonyl (C=O) groups excluding carboxylic acids is 2. The Kier molecular flexibility index (Phi) is 4.69. The summed E-state index contributed by atoms with van der Waals surface area (Å²) in [6.45, 7) is 1.98. The average molecular weight is 342 g/mol. The van der Waals surface area contributed by atoms with Crippen LogP contribution in [0.3, 0.4) is 0 Å². The Hall–Kier alpha value is -3.29. The number of para-hydroxylation sites is 2. The molecular formula is C17H18N4O4. The number of nitrogens with zero attached hydrogens (tertiary/aromatic N) is 2. The fraction of sp³-hybridized carbons (Fsp3) is 0.235. The second-order valence-electron chi connectivity index (χ2n) is 5.30. The first-order valence-corrected chi connectivity index (χ1v) is 7.80. The van der Waals surface area contributed by atoms with Crippen LogP contribution in [0.15, 0.2) is 36.4 Å². The van der Waals surface area contributed by atoms with Crippen LogP contribution in [0.4, 0.5) is 17.3 Å². The van der Waals surface area contributed by atoms with E-state index in [1.54, 1.807) is 30.3 Å². The Balaban J connectivity index is 1.78. The Morgan fingerprint density at radius 1 is 1.36 bits per heavy atom. The number of hydrogen-bond donors (Lipinski definition) is 2. The zero-order valence-electron chi connectivity index (χ0n) is 13.7. The number of aromatic nitrogens is 1. The van der Waals surface area contributed by atoms with Crippen molar-refractivity contribution in [2.75, 3.05) is 35.7 Å². The van der Waals surface area contributed by atoms with Crippen LogP contribution in [0.25, 0.3) is 0 Å². The van der Waals surface area contributed by atoms with Crippen LogP contribution in [0.5, 0.6) is 11.5 Å². The second kappa shape index (κ2) is 7.08. The molecule has 1 aromatic carbocycles. The topological polar surface area (TPSA) is 107 Å². The van der Waals surface area contributed by atoms with Crippen LogP contribution >= 0.6 is 0 Å². The largest absolute Gasteiger partial charge is 0.492 e. The number of anilines is 3. The lowest BCUT2D eigenvalue weighted by Gasteiger charge is -2.27. The van der Waals surface area contributed by atoms with E-state index in [-0.39, 0.29) is 36.6 Å². The summed E-state index contributed by atoms with van der Waals surface area (Å²) in [5, 5.41) is 2.75. The van der Waals surface area contributed by atoms with Gasteiger partial charge >= 0.3 is 0 Å². The van der Waals surface area contributed by atoms with Gasteiger partial charge in [-0.3, -0.25) is 14.5 Å². The molecule has 3 N–H and O–H groups in total. The van der Waals surface area contributed by atoms with E-state index in [1.807, 2.05) is 13.0 Å². The van der Waals surface area contributed by atoms with Crippen molar-refractivity contribution < 1.29 is 19.1 Å². The number of ether oxygens (including phenoxy) is 2. The molecule has 8 nitrogen and oxygen atoms in total. The number of carbonyl (C=O) groups is 2. The summed E-state index contributed by atoms with van der Waals surface area (Å²) in [6, 6.07) is 10.3. The highest BCUT2D eigenvalue weighted by atomic mass is 16.5. The van der Waals surface area contributed by atoms with E-state index in [4.69, 9.17) is 15.2 Å².